The lowest BCUT2D eigenvalue weighted by Gasteiger charge is -2.29. The molecule has 0 radical (unpaired) electrons. The van der Waals surface area contributed by atoms with Gasteiger partial charge in [0.25, 0.3) is 0 Å². The smallest absolute Gasteiger partial charge is 0.165 e. The van der Waals surface area contributed by atoms with Gasteiger partial charge in [-0.3, -0.25) is 4.79 Å². The van der Waals surface area contributed by atoms with Crippen molar-refractivity contribution in [2.75, 3.05) is 0 Å². The summed E-state index contributed by atoms with van der Waals surface area (Å²) in [7, 11) is 0. The van der Waals surface area contributed by atoms with Gasteiger partial charge in [0.2, 0.25) is 0 Å². The molecule has 2 nitrogen and oxygen atoms in total. The molecule has 0 saturated heterocycles. The van der Waals surface area contributed by atoms with Gasteiger partial charge in [-0.1, -0.05) is 13.8 Å². The number of rotatable bonds is 2. The van der Waals surface area contributed by atoms with Gasteiger partial charge >= 0.3 is 0 Å². The Bertz CT molecular complexity index is 638. The summed E-state index contributed by atoms with van der Waals surface area (Å²) in [5.41, 5.74) is 2.21. The first-order valence-electron chi connectivity index (χ1n) is 6.39. The van der Waals surface area contributed by atoms with Crippen molar-refractivity contribution >= 4 is 33.0 Å². The van der Waals surface area contributed by atoms with E-state index in [1.807, 2.05) is 6.07 Å². The molecule has 2 aromatic rings. The molecule has 0 unspecified atom stereocenters. The Morgan fingerprint density at radius 1 is 1.42 bits per heavy atom. The predicted octanol–water partition coefficient (Wildman–Crippen LogP) is 4.52. The van der Waals surface area contributed by atoms with Crippen LogP contribution in [0.2, 0.25) is 0 Å². The van der Waals surface area contributed by atoms with Crippen molar-refractivity contribution in [3.05, 3.63) is 44.3 Å². The second-order valence-electron chi connectivity index (χ2n) is 5.98. The molecule has 0 saturated carbocycles. The van der Waals surface area contributed by atoms with Crippen LogP contribution < -0.4 is 0 Å². The highest BCUT2D eigenvalue weighted by Crippen LogP contribution is 2.35. The molecule has 0 atom stereocenters. The van der Waals surface area contributed by atoms with Crippen molar-refractivity contribution in [2.24, 2.45) is 5.41 Å². The summed E-state index contributed by atoms with van der Waals surface area (Å²) in [6.45, 7) is 5.20. The topological polar surface area (TPSA) is 22.0 Å². The van der Waals surface area contributed by atoms with E-state index in [1.165, 1.54) is 10.6 Å². The Morgan fingerprint density at radius 2 is 2.21 bits per heavy atom. The van der Waals surface area contributed by atoms with Crippen LogP contribution in [0.1, 0.15) is 41.2 Å². The number of ketones is 1. The molecule has 0 aliphatic heterocycles. The van der Waals surface area contributed by atoms with Crippen LogP contribution in [0.25, 0.3) is 0 Å². The van der Waals surface area contributed by atoms with E-state index in [9.17, 15) is 4.79 Å². The van der Waals surface area contributed by atoms with Crippen LogP contribution in [0.3, 0.4) is 0 Å². The van der Waals surface area contributed by atoms with Crippen molar-refractivity contribution in [3.63, 3.8) is 0 Å². The molecule has 1 aliphatic carbocycles. The molecule has 19 heavy (non-hydrogen) atoms. The van der Waals surface area contributed by atoms with E-state index in [1.54, 1.807) is 11.3 Å². The molecular formula is C15H16BrNOS. The molecule has 1 aliphatic rings. The molecule has 0 spiro atoms. The number of carbonyl (C=O) groups is 1. The molecule has 0 fully saturated rings. The number of nitrogens with zero attached hydrogens (tertiary/aromatic N) is 1. The van der Waals surface area contributed by atoms with Crippen LogP contribution in [0.4, 0.5) is 0 Å². The van der Waals surface area contributed by atoms with E-state index >= 15 is 0 Å². The van der Waals surface area contributed by atoms with Crippen molar-refractivity contribution in [1.82, 2.24) is 4.57 Å². The number of halogens is 1. The van der Waals surface area contributed by atoms with E-state index < -0.39 is 0 Å². The molecule has 2 aromatic heterocycles. The molecule has 0 aromatic carbocycles. The zero-order valence-electron chi connectivity index (χ0n) is 11.1. The Kier molecular flexibility index (Phi) is 3.18. The monoisotopic (exact) mass is 337 g/mol. The van der Waals surface area contributed by atoms with Crippen molar-refractivity contribution < 1.29 is 4.79 Å². The van der Waals surface area contributed by atoms with Gasteiger partial charge in [-0.15, -0.1) is 11.3 Å². The number of aromatic nitrogens is 1. The maximum Gasteiger partial charge on any atom is 0.165 e. The number of Topliss-reactive ketones (excluding diaryl/α,β-unsaturated/α-hetero) is 1. The zero-order chi connectivity index (χ0) is 13.6. The van der Waals surface area contributed by atoms with Crippen LogP contribution in [0, 0.1) is 5.41 Å². The summed E-state index contributed by atoms with van der Waals surface area (Å²) in [5.74, 6) is 0.289. The Balaban J connectivity index is 1.95. The van der Waals surface area contributed by atoms with Gasteiger partial charge in [-0.2, -0.15) is 0 Å². The first-order valence-corrected chi connectivity index (χ1v) is 8.06. The molecule has 100 valence electrons. The van der Waals surface area contributed by atoms with Crippen LogP contribution >= 0.6 is 27.3 Å². The second kappa shape index (κ2) is 4.60. The fourth-order valence-electron chi connectivity index (χ4n) is 2.75. The van der Waals surface area contributed by atoms with Crippen molar-refractivity contribution in [3.8, 4) is 0 Å². The number of hydrogen-bond donors (Lipinski definition) is 0. The average Bonchev–Trinajstić information content (AvgIpc) is 2.86. The SMILES string of the molecule is CC1(C)CC(=O)c2ccn(Cc3cc(Br)cs3)c2C1. The summed E-state index contributed by atoms with van der Waals surface area (Å²) in [6.07, 6.45) is 3.69. The van der Waals surface area contributed by atoms with E-state index in [-0.39, 0.29) is 11.2 Å². The van der Waals surface area contributed by atoms with E-state index in [2.05, 4.69) is 52.0 Å². The van der Waals surface area contributed by atoms with E-state index in [4.69, 9.17) is 0 Å². The fraction of sp³-hybridized carbons (Fsp3) is 0.400. The van der Waals surface area contributed by atoms with Gasteiger partial charge in [0.15, 0.2) is 5.78 Å². The van der Waals surface area contributed by atoms with Gasteiger partial charge < -0.3 is 4.57 Å². The third kappa shape index (κ3) is 2.56. The maximum absolute atomic E-state index is 12.2. The summed E-state index contributed by atoms with van der Waals surface area (Å²) >= 11 is 5.23. The van der Waals surface area contributed by atoms with Crippen LogP contribution in [-0.4, -0.2) is 10.4 Å². The summed E-state index contributed by atoms with van der Waals surface area (Å²) in [6, 6.07) is 4.13. The number of carbonyl (C=O) groups excluding carboxylic acids is 1. The standard InChI is InChI=1S/C15H16BrNOS/c1-15(2)6-13-12(14(18)7-15)3-4-17(13)8-11-5-10(16)9-19-11/h3-5,9H,6-8H2,1-2H3. The first kappa shape index (κ1) is 13.1. The third-order valence-corrected chi connectivity index (χ3v) is 5.29. The summed E-state index contributed by atoms with van der Waals surface area (Å²) in [4.78, 5) is 13.5. The normalized spacial score (nSPS) is 17.5. The molecule has 0 N–H and O–H groups in total. The predicted molar refractivity (Wildman–Crippen MR) is 82.0 cm³/mol. The van der Waals surface area contributed by atoms with Gasteiger partial charge in [-0.25, -0.2) is 0 Å². The Labute approximate surface area is 125 Å². The van der Waals surface area contributed by atoms with Gasteiger partial charge in [-0.05, 0) is 39.9 Å². The highest BCUT2D eigenvalue weighted by Gasteiger charge is 2.32. The molecule has 3 rings (SSSR count). The lowest BCUT2D eigenvalue weighted by atomic mass is 9.76. The molecule has 0 bridgehead atoms. The quantitative estimate of drug-likeness (QED) is 0.789. The number of hydrogen-bond acceptors (Lipinski definition) is 2. The zero-order valence-corrected chi connectivity index (χ0v) is 13.5. The van der Waals surface area contributed by atoms with Crippen molar-refractivity contribution in [2.45, 2.75) is 33.2 Å². The molecule has 4 heteroatoms. The van der Waals surface area contributed by atoms with Gasteiger partial charge in [0, 0.05) is 38.6 Å². The lowest BCUT2D eigenvalue weighted by Crippen LogP contribution is -2.28. The van der Waals surface area contributed by atoms with Crippen molar-refractivity contribution in [1.29, 1.82) is 0 Å². The van der Waals surface area contributed by atoms with E-state index in [0.717, 1.165) is 23.0 Å². The molecular weight excluding hydrogens is 322 g/mol. The fourth-order valence-corrected chi connectivity index (χ4v) is 4.20. The van der Waals surface area contributed by atoms with Crippen LogP contribution in [0.5, 0.6) is 0 Å². The van der Waals surface area contributed by atoms with Gasteiger partial charge in [0.05, 0.1) is 6.54 Å². The Morgan fingerprint density at radius 3 is 2.89 bits per heavy atom. The Hall–Kier alpha value is -0.870. The first-order chi connectivity index (χ1) is 8.94. The lowest BCUT2D eigenvalue weighted by molar-refractivity contribution is 0.0910. The second-order valence-corrected chi connectivity index (χ2v) is 7.89. The van der Waals surface area contributed by atoms with Crippen LogP contribution in [-0.2, 0) is 13.0 Å². The molecule has 2 heterocycles. The third-order valence-electron chi connectivity index (χ3n) is 3.61. The summed E-state index contributed by atoms with van der Waals surface area (Å²) in [5, 5.41) is 2.10. The average molecular weight is 338 g/mol. The van der Waals surface area contributed by atoms with Gasteiger partial charge in [0.1, 0.15) is 0 Å². The molecule has 0 amide bonds. The summed E-state index contributed by atoms with van der Waals surface area (Å²) < 4.78 is 3.36. The van der Waals surface area contributed by atoms with Crippen LogP contribution in [0.15, 0.2) is 28.2 Å². The number of fused-ring (bicyclic) bond motifs is 1. The largest absolute Gasteiger partial charge is 0.345 e. The maximum atomic E-state index is 12.2. The highest BCUT2D eigenvalue weighted by atomic mass is 79.9. The highest BCUT2D eigenvalue weighted by molar-refractivity contribution is 9.10. The minimum atomic E-state index is 0.0796. The minimum absolute atomic E-state index is 0.0796. The number of thiophene rings is 1. The van der Waals surface area contributed by atoms with E-state index in [0.29, 0.717) is 6.42 Å². The minimum Gasteiger partial charge on any atom is -0.345 e.